The average molecular weight is 416 g/mol. The first-order valence-corrected chi connectivity index (χ1v) is 10.7. The van der Waals surface area contributed by atoms with Gasteiger partial charge in [0.15, 0.2) is 0 Å². The molecule has 7 heteroatoms. The molecule has 0 saturated carbocycles. The zero-order valence-corrected chi connectivity index (χ0v) is 18.6. The van der Waals surface area contributed by atoms with Crippen molar-refractivity contribution in [2.24, 2.45) is 22.4 Å². The standard InChI is InChI=1S/C23H33N3O4/c1-6-8-14-30-21(28)16(3)15-23(5,7-2)22(29)24-19-17(4)20(27)26(25-19)18-12-10-9-11-13-18/h9-13,16-17H,6-8,14-15H2,1-5H3,(H,24,25,29). The van der Waals surface area contributed by atoms with Crippen LogP contribution in [0.5, 0.6) is 0 Å². The minimum absolute atomic E-state index is 0.192. The number of unbranched alkanes of at least 4 members (excludes halogenated alkanes) is 1. The van der Waals surface area contributed by atoms with E-state index in [-0.39, 0.29) is 17.8 Å². The van der Waals surface area contributed by atoms with Gasteiger partial charge in [0.25, 0.3) is 5.91 Å². The number of hydrogen-bond acceptors (Lipinski definition) is 5. The Balaban J connectivity index is 2.08. The molecular formula is C23H33N3O4. The molecule has 1 aliphatic rings. The molecule has 0 aromatic heterocycles. The maximum atomic E-state index is 13.1. The Kier molecular flexibility index (Phi) is 8.15. The number of amidine groups is 1. The molecule has 0 aliphatic carbocycles. The molecule has 2 amide bonds. The molecule has 1 aliphatic heterocycles. The maximum Gasteiger partial charge on any atom is 0.308 e. The first-order valence-electron chi connectivity index (χ1n) is 10.7. The van der Waals surface area contributed by atoms with Gasteiger partial charge in [0.05, 0.1) is 24.1 Å². The summed E-state index contributed by atoms with van der Waals surface area (Å²) >= 11 is 0. The van der Waals surface area contributed by atoms with Gasteiger partial charge >= 0.3 is 5.97 Å². The first kappa shape index (κ1) is 23.6. The van der Waals surface area contributed by atoms with E-state index in [1.165, 1.54) is 5.01 Å². The van der Waals surface area contributed by atoms with E-state index in [9.17, 15) is 14.4 Å². The average Bonchev–Trinajstić information content (AvgIpc) is 3.02. The van der Waals surface area contributed by atoms with Crippen LogP contribution in [-0.4, -0.2) is 30.2 Å². The minimum Gasteiger partial charge on any atom is -0.465 e. The van der Waals surface area contributed by atoms with Crippen LogP contribution in [0.2, 0.25) is 0 Å². The molecule has 0 spiro atoms. The van der Waals surface area contributed by atoms with Crippen molar-refractivity contribution in [3.8, 4) is 0 Å². The molecule has 0 radical (unpaired) electrons. The van der Waals surface area contributed by atoms with Gasteiger partial charge in [-0.25, -0.2) is 0 Å². The molecule has 30 heavy (non-hydrogen) atoms. The highest BCUT2D eigenvalue weighted by Gasteiger charge is 2.39. The smallest absolute Gasteiger partial charge is 0.308 e. The summed E-state index contributed by atoms with van der Waals surface area (Å²) in [5.41, 5.74) is -0.130. The predicted molar refractivity (Wildman–Crippen MR) is 117 cm³/mol. The van der Waals surface area contributed by atoms with E-state index in [4.69, 9.17) is 4.74 Å². The number of anilines is 1. The molecular weight excluding hydrogens is 382 g/mol. The third-order valence-electron chi connectivity index (χ3n) is 5.67. The van der Waals surface area contributed by atoms with E-state index >= 15 is 0 Å². The Morgan fingerprint density at radius 2 is 1.93 bits per heavy atom. The molecule has 164 valence electrons. The second-order valence-electron chi connectivity index (χ2n) is 8.19. The number of carbonyl (C=O) groups is 3. The van der Waals surface area contributed by atoms with Crippen molar-refractivity contribution in [3.05, 3.63) is 30.3 Å². The van der Waals surface area contributed by atoms with E-state index in [1.807, 2.05) is 39.0 Å². The molecule has 1 heterocycles. The molecule has 1 aromatic carbocycles. The zero-order valence-electron chi connectivity index (χ0n) is 18.6. The van der Waals surface area contributed by atoms with Gasteiger partial charge in [0.2, 0.25) is 5.91 Å². The molecule has 2 rings (SSSR count). The normalized spacial score (nSPS) is 19.1. The Morgan fingerprint density at radius 3 is 2.53 bits per heavy atom. The van der Waals surface area contributed by atoms with Crippen LogP contribution >= 0.6 is 0 Å². The molecule has 0 bridgehead atoms. The number of benzene rings is 1. The van der Waals surface area contributed by atoms with Crippen LogP contribution in [0.1, 0.15) is 60.3 Å². The van der Waals surface area contributed by atoms with Gasteiger partial charge in [-0.3, -0.25) is 14.4 Å². The second-order valence-corrected chi connectivity index (χ2v) is 8.19. The lowest BCUT2D eigenvalue weighted by Crippen LogP contribution is -2.45. The van der Waals surface area contributed by atoms with E-state index in [0.717, 1.165) is 12.8 Å². The Bertz CT molecular complexity index is 793. The number of ether oxygens (including phenoxy) is 1. The van der Waals surface area contributed by atoms with Gasteiger partial charge in [-0.2, -0.15) is 10.1 Å². The Morgan fingerprint density at radius 1 is 1.27 bits per heavy atom. The van der Waals surface area contributed by atoms with Crippen LogP contribution in [0, 0.1) is 17.3 Å². The summed E-state index contributed by atoms with van der Waals surface area (Å²) in [6.07, 6.45) is 2.69. The Labute approximate surface area is 178 Å². The summed E-state index contributed by atoms with van der Waals surface area (Å²) in [6.45, 7) is 9.69. The number of esters is 1. The summed E-state index contributed by atoms with van der Waals surface area (Å²) in [6, 6.07) is 9.10. The molecule has 3 atom stereocenters. The SMILES string of the molecule is CCCCOC(=O)C(C)CC(C)(CC)C(=O)NC1=NN(c2ccccc2)C(=O)C1C. The fourth-order valence-corrected chi connectivity index (χ4v) is 3.31. The number of para-hydroxylation sites is 1. The second kappa shape index (κ2) is 10.4. The lowest BCUT2D eigenvalue weighted by Gasteiger charge is -2.29. The highest BCUT2D eigenvalue weighted by molar-refractivity contribution is 6.18. The third-order valence-corrected chi connectivity index (χ3v) is 5.67. The first-order chi connectivity index (χ1) is 14.2. The van der Waals surface area contributed by atoms with Crippen LogP contribution < -0.4 is 10.3 Å². The monoisotopic (exact) mass is 415 g/mol. The van der Waals surface area contributed by atoms with E-state index in [1.54, 1.807) is 26.0 Å². The van der Waals surface area contributed by atoms with Crippen molar-refractivity contribution in [2.45, 2.75) is 60.3 Å². The third kappa shape index (κ3) is 5.46. The van der Waals surface area contributed by atoms with Gasteiger partial charge < -0.3 is 10.1 Å². The van der Waals surface area contributed by atoms with Crippen LogP contribution in [0.3, 0.4) is 0 Å². The lowest BCUT2D eigenvalue weighted by molar-refractivity contribution is -0.149. The largest absolute Gasteiger partial charge is 0.465 e. The fourth-order valence-electron chi connectivity index (χ4n) is 3.31. The van der Waals surface area contributed by atoms with Crippen molar-refractivity contribution in [3.63, 3.8) is 0 Å². The zero-order chi connectivity index (χ0) is 22.3. The van der Waals surface area contributed by atoms with Crippen LogP contribution in [0.4, 0.5) is 5.69 Å². The molecule has 3 unspecified atom stereocenters. The van der Waals surface area contributed by atoms with Crippen molar-refractivity contribution < 1.29 is 19.1 Å². The molecule has 1 aromatic rings. The van der Waals surface area contributed by atoms with E-state index < -0.39 is 17.3 Å². The Hall–Kier alpha value is -2.70. The summed E-state index contributed by atoms with van der Waals surface area (Å²) in [5.74, 6) is -1.34. The number of hydrazone groups is 1. The molecule has 0 saturated heterocycles. The molecule has 0 fully saturated rings. The van der Waals surface area contributed by atoms with Crippen LogP contribution in [-0.2, 0) is 19.1 Å². The summed E-state index contributed by atoms with van der Waals surface area (Å²) < 4.78 is 5.30. The summed E-state index contributed by atoms with van der Waals surface area (Å²) in [5, 5.41) is 8.51. The number of carbonyl (C=O) groups excluding carboxylic acids is 3. The quantitative estimate of drug-likeness (QED) is 0.490. The van der Waals surface area contributed by atoms with Crippen molar-refractivity contribution in [1.82, 2.24) is 5.32 Å². The minimum atomic E-state index is -0.783. The lowest BCUT2D eigenvalue weighted by atomic mass is 9.78. The fraction of sp³-hybridized carbons (Fsp3) is 0.565. The van der Waals surface area contributed by atoms with E-state index in [0.29, 0.717) is 31.0 Å². The number of amides is 2. The van der Waals surface area contributed by atoms with Crippen molar-refractivity contribution in [2.75, 3.05) is 11.6 Å². The maximum absolute atomic E-state index is 13.1. The van der Waals surface area contributed by atoms with Crippen LogP contribution in [0.25, 0.3) is 0 Å². The number of hydrogen-bond donors (Lipinski definition) is 1. The van der Waals surface area contributed by atoms with Crippen LogP contribution in [0.15, 0.2) is 35.4 Å². The number of rotatable bonds is 9. The van der Waals surface area contributed by atoms with Gasteiger partial charge in [-0.15, -0.1) is 0 Å². The number of nitrogens with zero attached hydrogens (tertiary/aromatic N) is 2. The highest BCUT2D eigenvalue weighted by atomic mass is 16.5. The summed E-state index contributed by atoms with van der Waals surface area (Å²) in [7, 11) is 0. The predicted octanol–water partition coefficient (Wildman–Crippen LogP) is 3.88. The van der Waals surface area contributed by atoms with Gasteiger partial charge in [0.1, 0.15) is 5.84 Å². The van der Waals surface area contributed by atoms with Gasteiger partial charge in [-0.05, 0) is 38.3 Å². The summed E-state index contributed by atoms with van der Waals surface area (Å²) in [4.78, 5) is 37.9. The topological polar surface area (TPSA) is 88.1 Å². The van der Waals surface area contributed by atoms with Crippen molar-refractivity contribution in [1.29, 1.82) is 0 Å². The molecule has 1 N–H and O–H groups in total. The van der Waals surface area contributed by atoms with E-state index in [2.05, 4.69) is 10.4 Å². The highest BCUT2D eigenvalue weighted by Crippen LogP contribution is 2.31. The number of nitrogens with one attached hydrogen (secondary N) is 1. The molecule has 7 nitrogen and oxygen atoms in total. The van der Waals surface area contributed by atoms with Gasteiger partial charge in [-0.1, -0.05) is 52.3 Å². The van der Waals surface area contributed by atoms with Gasteiger partial charge in [0, 0.05) is 5.41 Å². The van der Waals surface area contributed by atoms with Crippen molar-refractivity contribution >= 4 is 29.3 Å².